The summed E-state index contributed by atoms with van der Waals surface area (Å²) in [6, 6.07) is 6.43. The fraction of sp³-hybridized carbons (Fsp3) is 0.333. The molecule has 0 aliphatic rings. The van der Waals surface area contributed by atoms with Gasteiger partial charge in [-0.25, -0.2) is 0 Å². The SMILES string of the molecule is COCCOCc1ccc2cscc2c1. The van der Waals surface area contributed by atoms with Crippen molar-refractivity contribution in [2.45, 2.75) is 6.61 Å². The van der Waals surface area contributed by atoms with Gasteiger partial charge in [-0.15, -0.1) is 0 Å². The summed E-state index contributed by atoms with van der Waals surface area (Å²) >= 11 is 1.73. The monoisotopic (exact) mass is 222 g/mol. The van der Waals surface area contributed by atoms with Gasteiger partial charge in [0.2, 0.25) is 0 Å². The van der Waals surface area contributed by atoms with Gasteiger partial charge in [-0.2, -0.15) is 11.3 Å². The zero-order valence-electron chi connectivity index (χ0n) is 8.73. The Morgan fingerprint density at radius 2 is 2.00 bits per heavy atom. The smallest absolute Gasteiger partial charge is 0.0718 e. The highest BCUT2D eigenvalue weighted by molar-refractivity contribution is 7.09. The molecule has 0 saturated carbocycles. The summed E-state index contributed by atoms with van der Waals surface area (Å²) in [5, 5.41) is 6.92. The molecule has 0 atom stereocenters. The summed E-state index contributed by atoms with van der Waals surface area (Å²) in [6.45, 7) is 1.97. The van der Waals surface area contributed by atoms with E-state index < -0.39 is 0 Å². The Hall–Kier alpha value is -0.900. The highest BCUT2D eigenvalue weighted by Crippen LogP contribution is 2.20. The van der Waals surface area contributed by atoms with E-state index in [0.29, 0.717) is 19.8 Å². The van der Waals surface area contributed by atoms with Crippen molar-refractivity contribution in [3.05, 3.63) is 34.5 Å². The fourth-order valence-electron chi connectivity index (χ4n) is 1.44. The number of rotatable bonds is 5. The van der Waals surface area contributed by atoms with Crippen LogP contribution in [0.5, 0.6) is 0 Å². The topological polar surface area (TPSA) is 18.5 Å². The van der Waals surface area contributed by atoms with Gasteiger partial charge in [0.15, 0.2) is 0 Å². The third-order valence-electron chi connectivity index (χ3n) is 2.24. The molecular weight excluding hydrogens is 208 g/mol. The average Bonchev–Trinajstić information content (AvgIpc) is 2.71. The van der Waals surface area contributed by atoms with Gasteiger partial charge in [0, 0.05) is 7.11 Å². The number of fused-ring (bicyclic) bond motifs is 1. The maximum Gasteiger partial charge on any atom is 0.0718 e. The molecule has 1 aromatic carbocycles. The molecular formula is C12H14O2S. The number of hydrogen-bond donors (Lipinski definition) is 0. The highest BCUT2D eigenvalue weighted by Gasteiger charge is 1.97. The molecule has 2 rings (SSSR count). The van der Waals surface area contributed by atoms with Crippen LogP contribution >= 0.6 is 11.3 Å². The molecule has 1 aromatic heterocycles. The van der Waals surface area contributed by atoms with Gasteiger partial charge in [0.05, 0.1) is 19.8 Å². The first-order chi connectivity index (χ1) is 7.40. The van der Waals surface area contributed by atoms with Crippen molar-refractivity contribution in [1.82, 2.24) is 0 Å². The van der Waals surface area contributed by atoms with Crippen molar-refractivity contribution in [3.8, 4) is 0 Å². The lowest BCUT2D eigenvalue weighted by atomic mass is 10.1. The fourth-order valence-corrected chi connectivity index (χ4v) is 2.22. The van der Waals surface area contributed by atoms with Crippen LogP contribution in [-0.2, 0) is 16.1 Å². The molecule has 0 saturated heterocycles. The molecule has 0 radical (unpaired) electrons. The van der Waals surface area contributed by atoms with E-state index in [2.05, 4.69) is 29.0 Å². The Morgan fingerprint density at radius 1 is 1.13 bits per heavy atom. The lowest BCUT2D eigenvalue weighted by molar-refractivity contribution is 0.0617. The van der Waals surface area contributed by atoms with Crippen LogP contribution in [0.1, 0.15) is 5.56 Å². The third kappa shape index (κ3) is 2.78. The predicted octanol–water partition coefficient (Wildman–Crippen LogP) is 3.06. The maximum absolute atomic E-state index is 5.46. The van der Waals surface area contributed by atoms with Gasteiger partial charge in [-0.1, -0.05) is 12.1 Å². The molecule has 0 aliphatic carbocycles. The van der Waals surface area contributed by atoms with E-state index in [4.69, 9.17) is 9.47 Å². The van der Waals surface area contributed by atoms with Crippen molar-refractivity contribution in [2.75, 3.05) is 20.3 Å². The van der Waals surface area contributed by atoms with Gasteiger partial charge in [-0.3, -0.25) is 0 Å². The number of benzene rings is 1. The Bertz CT molecular complexity index is 422. The van der Waals surface area contributed by atoms with Crippen molar-refractivity contribution in [3.63, 3.8) is 0 Å². The van der Waals surface area contributed by atoms with Crippen molar-refractivity contribution in [2.24, 2.45) is 0 Å². The van der Waals surface area contributed by atoms with Crippen LogP contribution in [-0.4, -0.2) is 20.3 Å². The summed E-state index contributed by atoms with van der Waals surface area (Å²) in [7, 11) is 1.68. The Morgan fingerprint density at radius 3 is 2.87 bits per heavy atom. The van der Waals surface area contributed by atoms with Gasteiger partial charge in [0.1, 0.15) is 0 Å². The molecule has 0 unspecified atom stereocenters. The van der Waals surface area contributed by atoms with E-state index >= 15 is 0 Å². The third-order valence-corrected chi connectivity index (χ3v) is 3.02. The van der Waals surface area contributed by atoms with Crippen LogP contribution in [0.15, 0.2) is 29.0 Å². The molecule has 0 aliphatic heterocycles. The quantitative estimate of drug-likeness (QED) is 0.724. The Balaban J connectivity index is 1.96. The summed E-state index contributed by atoms with van der Waals surface area (Å²) < 4.78 is 10.4. The summed E-state index contributed by atoms with van der Waals surface area (Å²) in [5.41, 5.74) is 1.22. The zero-order chi connectivity index (χ0) is 10.5. The summed E-state index contributed by atoms with van der Waals surface area (Å²) in [4.78, 5) is 0. The molecule has 1 heterocycles. The molecule has 2 nitrogen and oxygen atoms in total. The maximum atomic E-state index is 5.46. The minimum Gasteiger partial charge on any atom is -0.382 e. The Labute approximate surface area is 93.4 Å². The lowest BCUT2D eigenvalue weighted by Gasteiger charge is -2.03. The predicted molar refractivity (Wildman–Crippen MR) is 63.4 cm³/mol. The Kier molecular flexibility index (Phi) is 3.72. The van der Waals surface area contributed by atoms with Crippen LogP contribution in [0.25, 0.3) is 10.8 Å². The second-order valence-electron chi connectivity index (χ2n) is 3.38. The van der Waals surface area contributed by atoms with E-state index in [1.807, 2.05) is 0 Å². The van der Waals surface area contributed by atoms with Gasteiger partial charge in [-0.05, 0) is 33.2 Å². The first kappa shape index (κ1) is 10.6. The molecule has 0 fully saturated rings. The van der Waals surface area contributed by atoms with E-state index in [1.54, 1.807) is 18.4 Å². The average molecular weight is 222 g/mol. The minimum atomic E-state index is 0.651. The molecule has 3 heteroatoms. The molecule has 0 spiro atoms. The molecule has 80 valence electrons. The van der Waals surface area contributed by atoms with Gasteiger partial charge >= 0.3 is 0 Å². The number of ether oxygens (including phenoxy) is 2. The number of thiophene rings is 1. The normalized spacial score (nSPS) is 11.0. The zero-order valence-corrected chi connectivity index (χ0v) is 9.55. The van der Waals surface area contributed by atoms with Crippen LogP contribution in [0.3, 0.4) is 0 Å². The minimum absolute atomic E-state index is 0.651. The largest absolute Gasteiger partial charge is 0.382 e. The van der Waals surface area contributed by atoms with Crippen LogP contribution in [0.2, 0.25) is 0 Å². The van der Waals surface area contributed by atoms with E-state index in [-0.39, 0.29) is 0 Å². The van der Waals surface area contributed by atoms with E-state index in [0.717, 1.165) is 0 Å². The van der Waals surface area contributed by atoms with E-state index in [1.165, 1.54) is 16.3 Å². The second-order valence-corrected chi connectivity index (χ2v) is 4.12. The van der Waals surface area contributed by atoms with Crippen molar-refractivity contribution in [1.29, 1.82) is 0 Å². The highest BCUT2D eigenvalue weighted by atomic mass is 32.1. The molecule has 15 heavy (non-hydrogen) atoms. The summed E-state index contributed by atoms with van der Waals surface area (Å²) in [5.74, 6) is 0. The van der Waals surface area contributed by atoms with Crippen LogP contribution in [0.4, 0.5) is 0 Å². The van der Waals surface area contributed by atoms with Crippen LogP contribution < -0.4 is 0 Å². The first-order valence-corrected chi connectivity index (χ1v) is 5.86. The molecule has 0 N–H and O–H groups in total. The van der Waals surface area contributed by atoms with Crippen molar-refractivity contribution >= 4 is 22.1 Å². The van der Waals surface area contributed by atoms with Gasteiger partial charge < -0.3 is 9.47 Å². The standard InChI is InChI=1S/C12H14O2S/c1-13-4-5-14-7-10-2-3-11-8-15-9-12(11)6-10/h2-3,6,8-9H,4-5,7H2,1H3. The molecule has 2 aromatic rings. The second kappa shape index (κ2) is 5.26. The van der Waals surface area contributed by atoms with E-state index in [9.17, 15) is 0 Å². The first-order valence-electron chi connectivity index (χ1n) is 4.91. The molecule has 0 bridgehead atoms. The number of hydrogen-bond acceptors (Lipinski definition) is 3. The molecule has 0 amide bonds. The van der Waals surface area contributed by atoms with Gasteiger partial charge in [0.25, 0.3) is 0 Å². The van der Waals surface area contributed by atoms with Crippen LogP contribution in [0, 0.1) is 0 Å². The van der Waals surface area contributed by atoms with Crippen molar-refractivity contribution < 1.29 is 9.47 Å². The lowest BCUT2D eigenvalue weighted by Crippen LogP contribution is -2.01. The number of methoxy groups -OCH3 is 1. The summed E-state index contributed by atoms with van der Waals surface area (Å²) in [6.07, 6.45) is 0.